The molecule has 136 valence electrons. The van der Waals surface area contributed by atoms with Gasteiger partial charge >= 0.3 is 0 Å². The second-order valence-electron chi connectivity index (χ2n) is 7.12. The molecule has 5 heteroatoms. The lowest BCUT2D eigenvalue weighted by atomic mass is 9.97. The van der Waals surface area contributed by atoms with Crippen molar-refractivity contribution in [1.82, 2.24) is 5.32 Å². The highest BCUT2D eigenvalue weighted by atomic mass is 16.5. The number of hydrogen-bond acceptors (Lipinski definition) is 4. The summed E-state index contributed by atoms with van der Waals surface area (Å²) in [6.07, 6.45) is 2.17. The zero-order valence-corrected chi connectivity index (χ0v) is 15.5. The number of carbonyl (C=O) groups is 1. The summed E-state index contributed by atoms with van der Waals surface area (Å²) in [5, 5.41) is 2.83. The van der Waals surface area contributed by atoms with Gasteiger partial charge in [0, 0.05) is 30.2 Å². The van der Waals surface area contributed by atoms with Gasteiger partial charge in [-0.15, -0.1) is 0 Å². The summed E-state index contributed by atoms with van der Waals surface area (Å²) in [5.41, 5.74) is 0.704. The molecule has 25 heavy (non-hydrogen) atoms. The Morgan fingerprint density at radius 2 is 2.08 bits per heavy atom. The van der Waals surface area contributed by atoms with Gasteiger partial charge in [0.1, 0.15) is 11.5 Å². The molecule has 1 aromatic carbocycles. The van der Waals surface area contributed by atoms with Crippen molar-refractivity contribution in [2.45, 2.75) is 39.7 Å². The van der Waals surface area contributed by atoms with Gasteiger partial charge in [-0.2, -0.15) is 0 Å². The van der Waals surface area contributed by atoms with Gasteiger partial charge in [-0.25, -0.2) is 0 Å². The first-order valence-electron chi connectivity index (χ1n) is 8.59. The van der Waals surface area contributed by atoms with Crippen molar-refractivity contribution in [3.8, 4) is 23.3 Å². The molecule has 0 bridgehead atoms. The molecule has 5 nitrogen and oxygen atoms in total. The Morgan fingerprint density at radius 1 is 1.32 bits per heavy atom. The molecule has 1 heterocycles. The fourth-order valence-corrected chi connectivity index (χ4v) is 2.34. The fourth-order valence-electron chi connectivity index (χ4n) is 2.34. The first-order valence-corrected chi connectivity index (χ1v) is 8.59. The van der Waals surface area contributed by atoms with E-state index < -0.39 is 0 Å². The molecule has 1 amide bonds. The third-order valence-corrected chi connectivity index (χ3v) is 3.62. The Bertz CT molecular complexity index is 646. The minimum Gasteiger partial charge on any atom is -0.497 e. The van der Waals surface area contributed by atoms with Crippen LogP contribution in [0.4, 0.5) is 0 Å². The van der Waals surface area contributed by atoms with Crippen molar-refractivity contribution in [1.29, 1.82) is 0 Å². The van der Waals surface area contributed by atoms with Crippen molar-refractivity contribution in [3.63, 3.8) is 0 Å². The minimum atomic E-state index is -0.166. The molecular formula is C20H27NO4. The first-order chi connectivity index (χ1) is 11.9. The topological polar surface area (TPSA) is 56.8 Å². The maximum atomic E-state index is 11.9. The van der Waals surface area contributed by atoms with Crippen molar-refractivity contribution in [3.05, 3.63) is 23.8 Å². The second kappa shape index (κ2) is 8.77. The Balaban J connectivity index is 1.93. The van der Waals surface area contributed by atoms with Crippen LogP contribution in [0, 0.1) is 17.3 Å². The first kappa shape index (κ1) is 19.1. The van der Waals surface area contributed by atoms with E-state index in [9.17, 15) is 4.79 Å². The van der Waals surface area contributed by atoms with Crippen molar-refractivity contribution < 1.29 is 19.0 Å². The molecule has 1 unspecified atom stereocenters. The molecule has 1 fully saturated rings. The molecular weight excluding hydrogens is 318 g/mol. The number of methoxy groups -OCH3 is 1. The van der Waals surface area contributed by atoms with Crippen LogP contribution >= 0.6 is 0 Å². The van der Waals surface area contributed by atoms with E-state index in [1.54, 1.807) is 13.2 Å². The van der Waals surface area contributed by atoms with E-state index in [1.807, 2.05) is 12.1 Å². The average molecular weight is 345 g/mol. The molecule has 0 aromatic heterocycles. The van der Waals surface area contributed by atoms with Crippen LogP contribution in [0.5, 0.6) is 11.5 Å². The van der Waals surface area contributed by atoms with Gasteiger partial charge in [-0.1, -0.05) is 11.8 Å². The van der Waals surface area contributed by atoms with Crippen LogP contribution in [0.25, 0.3) is 0 Å². The lowest BCUT2D eigenvalue weighted by Gasteiger charge is -2.12. The van der Waals surface area contributed by atoms with E-state index in [0.29, 0.717) is 18.0 Å². The number of carbonyl (C=O) groups excluding carboxylic acids is 1. The summed E-state index contributed by atoms with van der Waals surface area (Å²) in [6, 6.07) is 5.41. The maximum Gasteiger partial charge on any atom is 0.258 e. The Hall–Kier alpha value is -2.19. The predicted octanol–water partition coefficient (Wildman–Crippen LogP) is 2.77. The minimum absolute atomic E-state index is 0.0496. The molecule has 2 rings (SSSR count). The molecule has 1 aliphatic rings. The zero-order valence-electron chi connectivity index (χ0n) is 15.5. The number of rotatable bonds is 6. The van der Waals surface area contributed by atoms with E-state index in [4.69, 9.17) is 14.2 Å². The third kappa shape index (κ3) is 7.06. The summed E-state index contributed by atoms with van der Waals surface area (Å²) in [6.45, 7) is 7.41. The van der Waals surface area contributed by atoms with Gasteiger partial charge in [0.05, 0.1) is 13.2 Å². The summed E-state index contributed by atoms with van der Waals surface area (Å²) in [4.78, 5) is 11.9. The monoisotopic (exact) mass is 345 g/mol. The highest BCUT2D eigenvalue weighted by Crippen LogP contribution is 2.23. The lowest BCUT2D eigenvalue weighted by molar-refractivity contribution is -0.123. The molecule has 0 aliphatic carbocycles. The summed E-state index contributed by atoms with van der Waals surface area (Å²) in [7, 11) is 1.59. The van der Waals surface area contributed by atoms with Gasteiger partial charge < -0.3 is 19.5 Å². The standard InChI is InChI=1S/C20H27NO4/c1-20(2,3)8-7-15-10-17(23-4)12-18(11-15)25-14-19(22)21-13-16-6-5-9-24-16/h10-12,16H,5-6,9,13-14H2,1-4H3,(H,21,22). The molecule has 1 N–H and O–H groups in total. The molecule has 0 saturated carbocycles. The van der Waals surface area contributed by atoms with Crippen molar-refractivity contribution >= 4 is 5.91 Å². The Morgan fingerprint density at radius 3 is 2.72 bits per heavy atom. The number of nitrogens with one attached hydrogen (secondary N) is 1. The highest BCUT2D eigenvalue weighted by Gasteiger charge is 2.16. The van der Waals surface area contributed by atoms with Crippen LogP contribution in [-0.2, 0) is 9.53 Å². The summed E-state index contributed by atoms with van der Waals surface area (Å²) >= 11 is 0. The molecule has 1 atom stereocenters. The summed E-state index contributed by atoms with van der Waals surface area (Å²) in [5.74, 6) is 7.34. The fraction of sp³-hybridized carbons (Fsp3) is 0.550. The van der Waals surface area contributed by atoms with E-state index >= 15 is 0 Å². The number of amides is 1. The third-order valence-electron chi connectivity index (χ3n) is 3.62. The van der Waals surface area contributed by atoms with Crippen LogP contribution in [0.2, 0.25) is 0 Å². The molecule has 1 aromatic rings. The second-order valence-corrected chi connectivity index (χ2v) is 7.12. The zero-order chi connectivity index (χ0) is 18.3. The van der Waals surface area contributed by atoms with E-state index in [-0.39, 0.29) is 24.0 Å². The number of benzene rings is 1. The Labute approximate surface area is 150 Å². The van der Waals surface area contributed by atoms with Gasteiger partial charge in [0.25, 0.3) is 5.91 Å². The van der Waals surface area contributed by atoms with Crippen LogP contribution in [0.15, 0.2) is 18.2 Å². The van der Waals surface area contributed by atoms with E-state index in [2.05, 4.69) is 37.9 Å². The Kier molecular flexibility index (Phi) is 6.72. The molecule has 1 aliphatic heterocycles. The van der Waals surface area contributed by atoms with Gasteiger partial charge in [-0.05, 0) is 45.7 Å². The van der Waals surface area contributed by atoms with Crippen LogP contribution in [0.3, 0.4) is 0 Å². The van der Waals surface area contributed by atoms with Gasteiger partial charge in [-0.3, -0.25) is 4.79 Å². The molecule has 0 spiro atoms. The van der Waals surface area contributed by atoms with Crippen LogP contribution < -0.4 is 14.8 Å². The molecule has 0 radical (unpaired) electrons. The number of hydrogen-bond donors (Lipinski definition) is 1. The largest absolute Gasteiger partial charge is 0.497 e. The number of ether oxygens (including phenoxy) is 3. The average Bonchev–Trinajstić information content (AvgIpc) is 3.09. The van der Waals surface area contributed by atoms with Crippen LogP contribution in [-0.4, -0.2) is 38.9 Å². The van der Waals surface area contributed by atoms with E-state index in [1.165, 1.54) is 0 Å². The van der Waals surface area contributed by atoms with Crippen LogP contribution in [0.1, 0.15) is 39.2 Å². The van der Waals surface area contributed by atoms with Gasteiger partial charge in [0.2, 0.25) is 0 Å². The van der Waals surface area contributed by atoms with Crippen molar-refractivity contribution in [2.24, 2.45) is 5.41 Å². The van der Waals surface area contributed by atoms with E-state index in [0.717, 1.165) is 25.0 Å². The normalized spacial score (nSPS) is 16.7. The SMILES string of the molecule is COc1cc(C#CC(C)(C)C)cc(OCC(=O)NCC2CCCO2)c1. The van der Waals surface area contributed by atoms with Crippen molar-refractivity contribution in [2.75, 3.05) is 26.9 Å². The predicted molar refractivity (Wildman–Crippen MR) is 96.8 cm³/mol. The lowest BCUT2D eigenvalue weighted by Crippen LogP contribution is -2.35. The molecule has 1 saturated heterocycles. The maximum absolute atomic E-state index is 11.9. The highest BCUT2D eigenvalue weighted by molar-refractivity contribution is 5.77. The van der Waals surface area contributed by atoms with Gasteiger partial charge in [0.15, 0.2) is 6.61 Å². The summed E-state index contributed by atoms with van der Waals surface area (Å²) < 4.78 is 16.4. The smallest absolute Gasteiger partial charge is 0.258 e. The quantitative estimate of drug-likeness (QED) is 0.806.